The maximum atomic E-state index is 14.3. The molecule has 0 bridgehead atoms. The molecule has 0 radical (unpaired) electrons. The van der Waals surface area contributed by atoms with Crippen molar-refractivity contribution in [3.63, 3.8) is 0 Å². The van der Waals surface area contributed by atoms with Gasteiger partial charge in [0.05, 0.1) is 17.8 Å². The van der Waals surface area contributed by atoms with Crippen LogP contribution in [0.3, 0.4) is 0 Å². The molecular formula is C36H33BrN8O4. The molecule has 1 spiro atoms. The third-order valence-corrected chi connectivity index (χ3v) is 9.48. The summed E-state index contributed by atoms with van der Waals surface area (Å²) in [5.74, 6) is 0.0964. The molecule has 2 amide bonds. The molecule has 13 heteroatoms. The number of carbonyl (C=O) groups excluding carboxylic acids is 3. The standard InChI is InChI=1S/C36H33BrN8O4/c1-20-10-11-30(37)40-34(20)41-35(48)29-15-36(14-28(43-49-36)24-8-6-5-7-9-24)19-44(29)31(47)18-45-33-21(2)12-25(26-16-38-23(4)39-17-26)13-27(33)32(42-45)22(3)46/h5-13,16-17,29H,14-15,18-19H2,1-4H3,(H,40,41,48)/t29-,36+/m0/s1. The number of oxime groups is 1. The Bertz CT molecular complexity index is 2170. The van der Waals surface area contributed by atoms with Gasteiger partial charge in [0.2, 0.25) is 11.8 Å². The first-order valence-electron chi connectivity index (χ1n) is 15.9. The second kappa shape index (κ2) is 12.6. The summed E-state index contributed by atoms with van der Waals surface area (Å²) in [4.78, 5) is 61.8. The van der Waals surface area contributed by atoms with Crippen LogP contribution in [-0.4, -0.2) is 71.1 Å². The van der Waals surface area contributed by atoms with Gasteiger partial charge in [-0.2, -0.15) is 5.10 Å². The van der Waals surface area contributed by atoms with Gasteiger partial charge in [0.25, 0.3) is 0 Å². The molecule has 3 aromatic heterocycles. The number of ketones is 1. The molecule has 1 N–H and O–H groups in total. The van der Waals surface area contributed by atoms with E-state index >= 15 is 0 Å². The number of aromatic nitrogens is 5. The monoisotopic (exact) mass is 720 g/mol. The zero-order valence-electron chi connectivity index (χ0n) is 27.4. The Kier molecular flexibility index (Phi) is 8.31. The number of likely N-dealkylation sites (tertiary alicyclic amines) is 1. The Labute approximate surface area is 290 Å². The molecule has 1 saturated heterocycles. The highest BCUT2D eigenvalue weighted by Gasteiger charge is 2.53. The molecule has 2 aliphatic rings. The van der Waals surface area contributed by atoms with Crippen molar-refractivity contribution >= 4 is 56.0 Å². The lowest BCUT2D eigenvalue weighted by Gasteiger charge is -2.24. The maximum Gasteiger partial charge on any atom is 0.248 e. The molecule has 49 heavy (non-hydrogen) atoms. The van der Waals surface area contributed by atoms with Gasteiger partial charge < -0.3 is 15.1 Å². The number of nitrogens with one attached hydrogen (secondary N) is 1. The lowest BCUT2D eigenvalue weighted by molar-refractivity contribution is -0.137. The van der Waals surface area contributed by atoms with Crippen LogP contribution in [-0.2, 0) is 21.0 Å². The summed E-state index contributed by atoms with van der Waals surface area (Å²) in [6.45, 7) is 6.98. The van der Waals surface area contributed by atoms with Gasteiger partial charge in [0, 0.05) is 43.1 Å². The van der Waals surface area contributed by atoms with Gasteiger partial charge in [-0.15, -0.1) is 0 Å². The fraction of sp³-hybridized carbons (Fsp3) is 0.278. The first-order valence-corrected chi connectivity index (χ1v) is 16.6. The zero-order valence-corrected chi connectivity index (χ0v) is 29.0. The van der Waals surface area contributed by atoms with E-state index in [1.165, 1.54) is 6.92 Å². The highest BCUT2D eigenvalue weighted by atomic mass is 79.9. The van der Waals surface area contributed by atoms with Crippen LogP contribution in [0.1, 0.15) is 52.8 Å². The number of aryl methyl sites for hydroxylation is 3. The molecule has 0 aliphatic carbocycles. The third-order valence-electron chi connectivity index (χ3n) is 9.04. The Balaban J connectivity index is 1.22. The van der Waals surface area contributed by atoms with Gasteiger partial charge in [-0.1, -0.05) is 41.6 Å². The summed E-state index contributed by atoms with van der Waals surface area (Å²) >= 11 is 3.38. The highest BCUT2D eigenvalue weighted by molar-refractivity contribution is 9.10. The van der Waals surface area contributed by atoms with Crippen molar-refractivity contribution in [1.29, 1.82) is 0 Å². The predicted molar refractivity (Wildman–Crippen MR) is 187 cm³/mol. The first kappa shape index (κ1) is 32.3. The summed E-state index contributed by atoms with van der Waals surface area (Å²) < 4.78 is 2.13. The van der Waals surface area contributed by atoms with Crippen LogP contribution in [0.25, 0.3) is 22.0 Å². The third kappa shape index (κ3) is 6.21. The van der Waals surface area contributed by atoms with Crippen LogP contribution in [0.4, 0.5) is 5.82 Å². The Hall–Kier alpha value is -5.30. The number of Topliss-reactive ketones (excluding diaryl/α,β-unsaturated/α-hetero) is 1. The molecule has 2 atom stereocenters. The van der Waals surface area contributed by atoms with Crippen molar-refractivity contribution in [2.75, 3.05) is 11.9 Å². The minimum atomic E-state index is -0.889. The molecule has 1 fully saturated rings. The fourth-order valence-corrected chi connectivity index (χ4v) is 6.92. The minimum absolute atomic E-state index is 0.143. The van der Waals surface area contributed by atoms with Gasteiger partial charge in [-0.25, -0.2) is 15.0 Å². The maximum absolute atomic E-state index is 14.3. The molecule has 248 valence electrons. The largest absolute Gasteiger partial charge is 0.387 e. The number of fused-ring (bicyclic) bond motifs is 1. The van der Waals surface area contributed by atoms with Gasteiger partial charge in [0.1, 0.15) is 34.5 Å². The van der Waals surface area contributed by atoms with Gasteiger partial charge in [-0.3, -0.25) is 19.1 Å². The van der Waals surface area contributed by atoms with Gasteiger partial charge in [0.15, 0.2) is 11.4 Å². The number of halogens is 1. The average molecular weight is 722 g/mol. The molecule has 7 rings (SSSR count). The molecule has 0 unspecified atom stereocenters. The van der Waals surface area contributed by atoms with Gasteiger partial charge >= 0.3 is 0 Å². The number of benzene rings is 2. The van der Waals surface area contributed by atoms with Crippen LogP contribution in [0.15, 0.2) is 76.7 Å². The first-order chi connectivity index (χ1) is 23.5. The number of hydrogen-bond acceptors (Lipinski definition) is 9. The zero-order chi connectivity index (χ0) is 34.4. The average Bonchev–Trinajstić information content (AvgIpc) is 3.79. The van der Waals surface area contributed by atoms with Crippen LogP contribution >= 0.6 is 15.9 Å². The van der Waals surface area contributed by atoms with Crippen molar-refractivity contribution < 1.29 is 19.2 Å². The van der Waals surface area contributed by atoms with Crippen LogP contribution in [0.2, 0.25) is 0 Å². The number of hydrogen-bond donors (Lipinski definition) is 1. The van der Waals surface area contributed by atoms with E-state index < -0.39 is 11.6 Å². The summed E-state index contributed by atoms with van der Waals surface area (Å²) in [5.41, 5.74) is 4.94. The van der Waals surface area contributed by atoms with Crippen molar-refractivity contribution in [2.24, 2.45) is 5.16 Å². The molecule has 12 nitrogen and oxygen atoms in total. The van der Waals surface area contributed by atoms with E-state index in [-0.39, 0.29) is 42.8 Å². The summed E-state index contributed by atoms with van der Waals surface area (Å²) in [6.07, 6.45) is 4.14. The fourth-order valence-electron chi connectivity index (χ4n) is 6.61. The van der Waals surface area contributed by atoms with E-state index in [0.29, 0.717) is 33.6 Å². The van der Waals surface area contributed by atoms with E-state index in [4.69, 9.17) is 4.84 Å². The molecule has 5 heterocycles. The second-order valence-electron chi connectivity index (χ2n) is 12.7. The highest BCUT2D eigenvalue weighted by Crippen LogP contribution is 2.40. The number of rotatable bonds is 7. The molecule has 2 aliphatic heterocycles. The minimum Gasteiger partial charge on any atom is -0.387 e. The lowest BCUT2D eigenvalue weighted by Crippen LogP contribution is -2.45. The van der Waals surface area contributed by atoms with E-state index in [1.807, 2.05) is 69.3 Å². The topological polar surface area (TPSA) is 145 Å². The van der Waals surface area contributed by atoms with Crippen molar-refractivity contribution in [3.8, 4) is 11.1 Å². The Morgan fingerprint density at radius 2 is 1.73 bits per heavy atom. The summed E-state index contributed by atoms with van der Waals surface area (Å²) in [6, 6.07) is 16.3. The van der Waals surface area contributed by atoms with E-state index in [0.717, 1.165) is 33.5 Å². The molecule has 5 aromatic rings. The Morgan fingerprint density at radius 1 is 0.980 bits per heavy atom. The van der Waals surface area contributed by atoms with Gasteiger partial charge in [-0.05, 0) is 77.2 Å². The number of pyridine rings is 1. The lowest BCUT2D eigenvalue weighted by atomic mass is 9.91. The SMILES string of the molecule is CC(=O)c1nn(CC(=O)N2C[C@@]3(CC(c4ccccc4)=NO3)C[C@H]2C(=O)Nc2nc(Br)ccc2C)c2c(C)cc(-c3cnc(C)nc3)cc12. The number of nitrogens with zero attached hydrogens (tertiary/aromatic N) is 7. The van der Waals surface area contributed by atoms with E-state index in [2.05, 4.69) is 46.5 Å². The molecule has 2 aromatic carbocycles. The van der Waals surface area contributed by atoms with Crippen molar-refractivity contribution in [1.82, 2.24) is 29.6 Å². The van der Waals surface area contributed by atoms with Crippen LogP contribution in [0, 0.1) is 20.8 Å². The van der Waals surface area contributed by atoms with Crippen molar-refractivity contribution in [3.05, 3.63) is 99.8 Å². The smallest absolute Gasteiger partial charge is 0.248 e. The number of amides is 2. The number of carbonyl (C=O) groups is 3. The normalized spacial score (nSPS) is 18.5. The summed E-state index contributed by atoms with van der Waals surface area (Å²) in [7, 11) is 0. The quantitative estimate of drug-likeness (QED) is 0.170. The predicted octanol–water partition coefficient (Wildman–Crippen LogP) is 5.58. The second-order valence-corrected chi connectivity index (χ2v) is 13.5. The van der Waals surface area contributed by atoms with Crippen LogP contribution in [0.5, 0.6) is 0 Å². The molecular weight excluding hydrogens is 688 g/mol. The Morgan fingerprint density at radius 3 is 2.47 bits per heavy atom. The van der Waals surface area contributed by atoms with Crippen molar-refractivity contribution in [2.45, 2.75) is 58.7 Å². The number of anilines is 1. The van der Waals surface area contributed by atoms with E-state index in [1.54, 1.807) is 28.0 Å². The van der Waals surface area contributed by atoms with E-state index in [9.17, 15) is 14.4 Å². The van der Waals surface area contributed by atoms with Crippen LogP contribution < -0.4 is 5.32 Å². The molecule has 0 saturated carbocycles. The summed E-state index contributed by atoms with van der Waals surface area (Å²) in [5, 5.41) is 12.6.